The van der Waals surface area contributed by atoms with Gasteiger partial charge in [-0.3, -0.25) is 9.53 Å². The predicted molar refractivity (Wildman–Crippen MR) is 95.3 cm³/mol. The summed E-state index contributed by atoms with van der Waals surface area (Å²) < 4.78 is 77.6. The molecule has 0 bridgehead atoms. The second-order valence-corrected chi connectivity index (χ2v) is 7.27. The van der Waals surface area contributed by atoms with Crippen molar-refractivity contribution in [1.82, 2.24) is 15.1 Å². The first-order valence-electron chi connectivity index (χ1n) is 9.45. The molecule has 0 saturated carbocycles. The van der Waals surface area contributed by atoms with Crippen molar-refractivity contribution >= 4 is 5.91 Å². The van der Waals surface area contributed by atoms with E-state index in [2.05, 4.69) is 15.2 Å². The number of hydrogen-bond acceptors (Lipinski definition) is 5. The lowest BCUT2D eigenvalue weighted by atomic mass is 9.99. The second-order valence-electron chi connectivity index (χ2n) is 7.27. The van der Waals surface area contributed by atoms with E-state index in [4.69, 9.17) is 9.47 Å². The number of nitrogens with zero attached hydrogens (tertiary/aromatic N) is 2. The molecule has 0 radical (unpaired) electrons. The molecule has 168 valence electrons. The average molecular weight is 447 g/mol. The molecule has 0 fully saturated rings. The van der Waals surface area contributed by atoms with Crippen LogP contribution in [0, 0.1) is 0 Å². The van der Waals surface area contributed by atoms with Gasteiger partial charge in [0.05, 0.1) is 19.2 Å². The molecule has 1 aromatic heterocycles. The SMILES string of the molecule is O=C(N[C@H]1COc2ccc(CC(F)F)cc2C1)c1cc2n(n1)C[C@@H](COC(F)(F)F)O2. The number of amides is 1. The number of fused-ring (bicyclic) bond motifs is 2. The molecule has 1 aromatic carbocycles. The van der Waals surface area contributed by atoms with Crippen molar-refractivity contribution in [3.8, 4) is 11.6 Å². The van der Waals surface area contributed by atoms with Gasteiger partial charge in [0, 0.05) is 12.5 Å². The summed E-state index contributed by atoms with van der Waals surface area (Å²) in [5.74, 6) is 0.252. The molecule has 3 heterocycles. The van der Waals surface area contributed by atoms with Crippen LogP contribution in [0.15, 0.2) is 24.3 Å². The molecular weight excluding hydrogens is 429 g/mol. The summed E-state index contributed by atoms with van der Waals surface area (Å²) in [5.41, 5.74) is 1.25. The highest BCUT2D eigenvalue weighted by molar-refractivity contribution is 5.92. The van der Waals surface area contributed by atoms with Crippen LogP contribution < -0.4 is 14.8 Å². The van der Waals surface area contributed by atoms with Crippen molar-refractivity contribution in [3.63, 3.8) is 0 Å². The van der Waals surface area contributed by atoms with Crippen LogP contribution >= 0.6 is 0 Å². The lowest BCUT2D eigenvalue weighted by molar-refractivity contribution is -0.329. The fraction of sp³-hybridized carbons (Fsp3) is 0.474. The number of alkyl halides is 5. The largest absolute Gasteiger partial charge is 0.522 e. The standard InChI is InChI=1S/C19H18F5N3O4/c20-16(21)4-10-1-2-15-11(3-10)5-12(8-29-15)25-18(28)14-6-17-27(26-14)7-13(31-17)9-30-19(22,23)24/h1-3,6,12-13,16H,4-5,7-9H2,(H,25,28)/t12-,13+/m1/s1. The molecule has 2 aliphatic heterocycles. The van der Waals surface area contributed by atoms with Gasteiger partial charge in [-0.2, -0.15) is 5.10 Å². The number of carbonyl (C=O) groups is 1. The molecule has 1 N–H and O–H groups in total. The Morgan fingerprint density at radius 3 is 2.84 bits per heavy atom. The number of carbonyl (C=O) groups excluding carboxylic acids is 1. The fourth-order valence-corrected chi connectivity index (χ4v) is 3.52. The highest BCUT2D eigenvalue weighted by atomic mass is 19.4. The molecule has 1 amide bonds. The Morgan fingerprint density at radius 2 is 2.13 bits per heavy atom. The molecule has 7 nitrogen and oxygen atoms in total. The third kappa shape index (κ3) is 5.24. The van der Waals surface area contributed by atoms with Gasteiger partial charge in [-0.15, -0.1) is 13.2 Å². The lowest BCUT2D eigenvalue weighted by Crippen LogP contribution is -2.43. The Labute approximate surface area is 173 Å². The van der Waals surface area contributed by atoms with E-state index in [1.807, 2.05) is 0 Å². The summed E-state index contributed by atoms with van der Waals surface area (Å²) in [6.07, 6.45) is -8.02. The first-order valence-corrected chi connectivity index (χ1v) is 9.45. The van der Waals surface area contributed by atoms with Gasteiger partial charge in [0.1, 0.15) is 18.5 Å². The minimum absolute atomic E-state index is 0.0194. The van der Waals surface area contributed by atoms with Crippen molar-refractivity contribution < 1.29 is 41.0 Å². The smallest absolute Gasteiger partial charge is 0.491 e. The van der Waals surface area contributed by atoms with Crippen LogP contribution in [0.4, 0.5) is 22.0 Å². The second kappa shape index (κ2) is 8.33. The molecule has 2 aliphatic rings. The Hall–Kier alpha value is -2.89. The Kier molecular flexibility index (Phi) is 5.73. The van der Waals surface area contributed by atoms with Gasteiger partial charge >= 0.3 is 6.36 Å². The summed E-state index contributed by atoms with van der Waals surface area (Å²) in [4.78, 5) is 12.5. The topological polar surface area (TPSA) is 74.6 Å². The van der Waals surface area contributed by atoms with Gasteiger partial charge in [-0.25, -0.2) is 13.5 Å². The van der Waals surface area contributed by atoms with E-state index < -0.39 is 37.4 Å². The number of ether oxygens (including phenoxy) is 3. The van der Waals surface area contributed by atoms with E-state index in [1.54, 1.807) is 18.2 Å². The molecule has 12 heteroatoms. The first kappa shape index (κ1) is 21.3. The fourth-order valence-electron chi connectivity index (χ4n) is 3.52. The summed E-state index contributed by atoms with van der Waals surface area (Å²) >= 11 is 0. The van der Waals surface area contributed by atoms with E-state index in [1.165, 1.54) is 10.7 Å². The molecule has 31 heavy (non-hydrogen) atoms. The lowest BCUT2D eigenvalue weighted by Gasteiger charge is -2.26. The number of aromatic nitrogens is 2. The third-order valence-corrected chi connectivity index (χ3v) is 4.83. The zero-order chi connectivity index (χ0) is 22.2. The monoisotopic (exact) mass is 447 g/mol. The van der Waals surface area contributed by atoms with E-state index >= 15 is 0 Å². The maximum absolute atomic E-state index is 12.6. The zero-order valence-electron chi connectivity index (χ0n) is 16.0. The minimum Gasteiger partial charge on any atom is -0.491 e. The van der Waals surface area contributed by atoms with Crippen LogP contribution in [0.25, 0.3) is 0 Å². The molecule has 2 atom stereocenters. The van der Waals surface area contributed by atoms with E-state index in [0.29, 0.717) is 17.7 Å². The van der Waals surface area contributed by atoms with Crippen molar-refractivity contribution in [3.05, 3.63) is 41.1 Å². The minimum atomic E-state index is -4.75. The number of nitrogens with one attached hydrogen (secondary N) is 1. The summed E-state index contributed by atoms with van der Waals surface area (Å²) in [6.45, 7) is -0.458. The van der Waals surface area contributed by atoms with Gasteiger partial charge in [0.15, 0.2) is 5.69 Å². The van der Waals surface area contributed by atoms with Crippen molar-refractivity contribution in [1.29, 1.82) is 0 Å². The summed E-state index contributed by atoms with van der Waals surface area (Å²) in [5, 5.41) is 6.82. The van der Waals surface area contributed by atoms with Crippen LogP contribution in [0.2, 0.25) is 0 Å². The normalized spacial score (nSPS) is 20.1. The molecule has 4 rings (SSSR count). The molecular formula is C19H18F5N3O4. The number of hydrogen-bond donors (Lipinski definition) is 1. The maximum atomic E-state index is 12.6. The Morgan fingerprint density at radius 1 is 1.32 bits per heavy atom. The summed E-state index contributed by atoms with van der Waals surface area (Å²) in [7, 11) is 0. The van der Waals surface area contributed by atoms with Gasteiger partial charge < -0.3 is 14.8 Å². The van der Waals surface area contributed by atoms with Crippen molar-refractivity contribution in [2.45, 2.75) is 44.3 Å². The molecule has 0 unspecified atom stereocenters. The number of halogens is 5. The van der Waals surface area contributed by atoms with Crippen LogP contribution in [0.1, 0.15) is 21.6 Å². The van der Waals surface area contributed by atoms with Crippen molar-refractivity contribution in [2.75, 3.05) is 13.2 Å². The van der Waals surface area contributed by atoms with Crippen LogP contribution in [-0.2, 0) is 24.1 Å². The number of benzene rings is 1. The van der Waals surface area contributed by atoms with E-state index in [9.17, 15) is 26.7 Å². The van der Waals surface area contributed by atoms with Crippen LogP contribution in [0.5, 0.6) is 11.6 Å². The first-order chi connectivity index (χ1) is 14.7. The van der Waals surface area contributed by atoms with Gasteiger partial charge in [0.25, 0.3) is 5.91 Å². The van der Waals surface area contributed by atoms with Crippen LogP contribution in [0.3, 0.4) is 0 Å². The quantitative estimate of drug-likeness (QED) is 0.690. The average Bonchev–Trinajstić information content (AvgIpc) is 3.24. The number of rotatable bonds is 6. The predicted octanol–water partition coefficient (Wildman–Crippen LogP) is 2.72. The molecule has 0 spiro atoms. The molecule has 2 aromatic rings. The van der Waals surface area contributed by atoms with Gasteiger partial charge in [0.2, 0.25) is 12.3 Å². The highest BCUT2D eigenvalue weighted by Crippen LogP contribution is 2.28. The van der Waals surface area contributed by atoms with Gasteiger partial charge in [-0.05, 0) is 23.6 Å². The third-order valence-electron chi connectivity index (χ3n) is 4.83. The maximum Gasteiger partial charge on any atom is 0.522 e. The zero-order valence-corrected chi connectivity index (χ0v) is 16.0. The van der Waals surface area contributed by atoms with E-state index in [-0.39, 0.29) is 31.1 Å². The molecule has 0 saturated heterocycles. The summed E-state index contributed by atoms with van der Waals surface area (Å²) in [6, 6.07) is 5.81. The van der Waals surface area contributed by atoms with Gasteiger partial charge in [-0.1, -0.05) is 12.1 Å². The van der Waals surface area contributed by atoms with Crippen molar-refractivity contribution in [2.24, 2.45) is 0 Å². The Bertz CT molecular complexity index is 939. The highest BCUT2D eigenvalue weighted by Gasteiger charge is 2.34. The molecule has 0 aliphatic carbocycles. The van der Waals surface area contributed by atoms with Crippen LogP contribution in [-0.4, -0.2) is 53.8 Å². The Balaban J connectivity index is 1.33. The van der Waals surface area contributed by atoms with E-state index in [0.717, 1.165) is 5.56 Å².